The molecule has 9 heteroatoms. The van der Waals surface area contributed by atoms with E-state index in [4.69, 9.17) is 0 Å². The van der Waals surface area contributed by atoms with Gasteiger partial charge in [0.05, 0.1) is 11.9 Å². The van der Waals surface area contributed by atoms with Crippen molar-refractivity contribution in [2.75, 3.05) is 6.54 Å². The minimum absolute atomic E-state index is 0.0116. The van der Waals surface area contributed by atoms with Gasteiger partial charge in [0, 0.05) is 43.5 Å². The van der Waals surface area contributed by atoms with E-state index in [1.165, 1.54) is 19.4 Å². The monoisotopic (exact) mass is 420 g/mol. The second-order valence-electron chi connectivity index (χ2n) is 7.31. The van der Waals surface area contributed by atoms with Gasteiger partial charge in [0.1, 0.15) is 5.82 Å². The highest BCUT2D eigenvalue weighted by atomic mass is 19.4. The van der Waals surface area contributed by atoms with Crippen molar-refractivity contribution in [1.29, 1.82) is 0 Å². The average Bonchev–Trinajstić information content (AvgIpc) is 3.10. The number of carbonyl (C=O) groups excluding carboxylic acids is 1. The van der Waals surface area contributed by atoms with Crippen molar-refractivity contribution in [2.45, 2.75) is 38.5 Å². The Hall–Kier alpha value is -2.94. The van der Waals surface area contributed by atoms with Gasteiger partial charge in [-0.25, -0.2) is 4.98 Å². The van der Waals surface area contributed by atoms with Gasteiger partial charge in [0.15, 0.2) is 0 Å². The fourth-order valence-electron chi connectivity index (χ4n) is 3.58. The zero-order valence-corrected chi connectivity index (χ0v) is 16.9. The van der Waals surface area contributed by atoms with Crippen LogP contribution in [0.25, 0.3) is 10.9 Å². The zero-order valence-electron chi connectivity index (χ0n) is 16.9. The van der Waals surface area contributed by atoms with E-state index in [2.05, 4.69) is 15.3 Å². The molecule has 2 aromatic heterocycles. The van der Waals surface area contributed by atoms with Crippen LogP contribution in [-0.4, -0.2) is 38.3 Å². The summed E-state index contributed by atoms with van der Waals surface area (Å²) < 4.78 is 41.8. The lowest BCUT2D eigenvalue weighted by Gasteiger charge is -2.30. The van der Waals surface area contributed by atoms with Gasteiger partial charge in [-0.05, 0) is 31.0 Å². The van der Waals surface area contributed by atoms with Crippen molar-refractivity contribution in [3.8, 4) is 0 Å². The van der Waals surface area contributed by atoms with E-state index in [0.717, 1.165) is 26.6 Å². The van der Waals surface area contributed by atoms with Crippen LogP contribution in [0.3, 0.4) is 0 Å². The van der Waals surface area contributed by atoms with E-state index in [9.17, 15) is 23.1 Å². The molecule has 0 spiro atoms. The minimum atomic E-state index is -4.94. The first-order valence-electron chi connectivity index (χ1n) is 9.43. The van der Waals surface area contributed by atoms with Crippen LogP contribution in [0.2, 0.25) is 0 Å². The summed E-state index contributed by atoms with van der Waals surface area (Å²) in [7, 11) is 1.37. The molecule has 0 saturated heterocycles. The third-order valence-corrected chi connectivity index (χ3v) is 5.29. The summed E-state index contributed by atoms with van der Waals surface area (Å²) in [5.41, 5.74) is 0.00654. The highest BCUT2D eigenvalue weighted by Gasteiger charge is 2.57. The Morgan fingerprint density at radius 2 is 1.93 bits per heavy atom. The number of nitrogens with one attached hydrogen (secondary N) is 1. The number of pyridine rings is 1. The van der Waals surface area contributed by atoms with E-state index in [0.29, 0.717) is 5.69 Å². The highest BCUT2D eigenvalue weighted by molar-refractivity contribution is 5.86. The normalized spacial score (nSPS) is 14.0. The van der Waals surface area contributed by atoms with E-state index in [1.54, 1.807) is 6.92 Å². The molecule has 1 aromatic carbocycles. The molecule has 1 atom stereocenters. The first kappa shape index (κ1) is 21.8. The fourth-order valence-corrected chi connectivity index (χ4v) is 3.58. The Labute approximate surface area is 171 Å². The van der Waals surface area contributed by atoms with Crippen molar-refractivity contribution in [2.24, 2.45) is 7.05 Å². The third-order valence-electron chi connectivity index (χ3n) is 5.29. The van der Waals surface area contributed by atoms with Crippen molar-refractivity contribution in [3.63, 3.8) is 0 Å². The topological polar surface area (TPSA) is 80.0 Å². The predicted octanol–water partition coefficient (Wildman–Crippen LogP) is 3.08. The number of aliphatic hydroxyl groups is 1. The number of halogens is 3. The van der Waals surface area contributed by atoms with Crippen LogP contribution >= 0.6 is 0 Å². The number of hydrogen-bond acceptors (Lipinski definition) is 4. The molecule has 1 unspecified atom stereocenters. The molecule has 0 radical (unpaired) electrons. The first-order valence-corrected chi connectivity index (χ1v) is 9.43. The number of carbonyl (C=O) groups is 1. The minimum Gasteiger partial charge on any atom is -0.374 e. The van der Waals surface area contributed by atoms with Crippen LogP contribution in [-0.2, 0) is 23.9 Å². The smallest absolute Gasteiger partial charge is 0.374 e. The molecule has 2 N–H and O–H groups in total. The van der Waals surface area contributed by atoms with Crippen molar-refractivity contribution in [1.82, 2.24) is 19.9 Å². The molecule has 0 fully saturated rings. The van der Waals surface area contributed by atoms with Gasteiger partial charge in [0.2, 0.25) is 11.5 Å². The van der Waals surface area contributed by atoms with Gasteiger partial charge in [-0.3, -0.25) is 9.78 Å². The molecule has 0 bridgehead atoms. The van der Waals surface area contributed by atoms with E-state index < -0.39 is 29.9 Å². The van der Waals surface area contributed by atoms with E-state index >= 15 is 0 Å². The number of nitrogens with zero attached hydrogens (tertiary/aromatic N) is 3. The quantitative estimate of drug-likeness (QED) is 0.642. The Morgan fingerprint density at radius 3 is 2.57 bits per heavy atom. The number of amides is 1. The highest BCUT2D eigenvalue weighted by Crippen LogP contribution is 2.40. The summed E-state index contributed by atoms with van der Waals surface area (Å²) in [5.74, 6) is -0.961. The number of alkyl halides is 3. The van der Waals surface area contributed by atoms with Crippen molar-refractivity contribution < 1.29 is 23.1 Å². The van der Waals surface area contributed by atoms with E-state index in [-0.39, 0.29) is 13.0 Å². The Kier molecular flexibility index (Phi) is 5.85. The predicted molar refractivity (Wildman–Crippen MR) is 106 cm³/mol. The summed E-state index contributed by atoms with van der Waals surface area (Å²) >= 11 is 0. The Morgan fingerprint density at radius 1 is 1.23 bits per heavy atom. The lowest BCUT2D eigenvalue weighted by Crippen LogP contribution is -2.46. The summed E-state index contributed by atoms with van der Waals surface area (Å²) in [5, 5.41) is 13.7. The van der Waals surface area contributed by atoms with Gasteiger partial charge in [-0.2, -0.15) is 13.2 Å². The number of imidazole rings is 1. The molecule has 2 heterocycles. The van der Waals surface area contributed by atoms with Crippen LogP contribution in [0.15, 0.2) is 36.7 Å². The maximum Gasteiger partial charge on any atom is 0.424 e. The summed E-state index contributed by atoms with van der Waals surface area (Å²) in [6, 6.07) is 7.55. The Bertz CT molecular complexity index is 1080. The van der Waals surface area contributed by atoms with Crippen molar-refractivity contribution >= 4 is 16.8 Å². The summed E-state index contributed by atoms with van der Waals surface area (Å²) in [6.07, 6.45) is -3.19. The third kappa shape index (κ3) is 4.02. The van der Waals surface area contributed by atoms with Gasteiger partial charge in [-0.15, -0.1) is 0 Å². The number of aryl methyl sites for hydroxylation is 3. The number of rotatable bonds is 6. The van der Waals surface area contributed by atoms with Crippen LogP contribution in [0.4, 0.5) is 13.2 Å². The molecule has 0 aliphatic rings. The first-order chi connectivity index (χ1) is 14.0. The van der Waals surface area contributed by atoms with Crippen LogP contribution in [0, 0.1) is 13.8 Å². The SMILES string of the molecule is Cc1nc2ccccc2c(C)c1CC(=O)NCCC(O)(c1nccn1C)C(F)(F)F. The molecule has 3 aromatic rings. The number of hydrogen-bond donors (Lipinski definition) is 2. The molecule has 0 saturated carbocycles. The second kappa shape index (κ2) is 8.06. The standard InChI is InChI=1S/C21H23F3N4O2/c1-13-15-6-4-5-7-17(15)27-14(2)16(13)12-18(29)25-9-8-20(30,21(22,23)24)19-26-10-11-28(19)3/h4-7,10-11,30H,8-9,12H2,1-3H3,(H,25,29). The molecule has 0 aliphatic carbocycles. The Balaban J connectivity index is 1.72. The maximum absolute atomic E-state index is 13.5. The number of aromatic nitrogens is 3. The van der Waals surface area contributed by atoms with Gasteiger partial charge >= 0.3 is 6.18 Å². The largest absolute Gasteiger partial charge is 0.424 e. The number of fused-ring (bicyclic) bond motifs is 1. The van der Waals surface area contributed by atoms with Gasteiger partial charge < -0.3 is 15.0 Å². The number of para-hydroxylation sites is 1. The van der Waals surface area contributed by atoms with Crippen molar-refractivity contribution in [3.05, 3.63) is 59.3 Å². The van der Waals surface area contributed by atoms with Crippen LogP contribution in [0.5, 0.6) is 0 Å². The molecule has 1 amide bonds. The van der Waals surface area contributed by atoms with Crippen LogP contribution < -0.4 is 5.32 Å². The lowest BCUT2D eigenvalue weighted by atomic mass is 9.97. The molecule has 3 rings (SSSR count). The van der Waals surface area contributed by atoms with Crippen LogP contribution in [0.1, 0.15) is 29.1 Å². The molecular formula is C21H23F3N4O2. The van der Waals surface area contributed by atoms with Gasteiger partial charge in [0.25, 0.3) is 0 Å². The van der Waals surface area contributed by atoms with Gasteiger partial charge in [-0.1, -0.05) is 18.2 Å². The maximum atomic E-state index is 13.5. The molecule has 160 valence electrons. The summed E-state index contributed by atoms with van der Waals surface area (Å²) in [6.45, 7) is 3.33. The molecule has 6 nitrogen and oxygen atoms in total. The zero-order chi connectivity index (χ0) is 22.1. The molecular weight excluding hydrogens is 397 g/mol. The fraction of sp³-hybridized carbons (Fsp3) is 0.381. The lowest BCUT2D eigenvalue weighted by molar-refractivity contribution is -0.272. The molecule has 30 heavy (non-hydrogen) atoms. The molecule has 0 aliphatic heterocycles. The average molecular weight is 420 g/mol. The number of benzene rings is 1. The second-order valence-corrected chi connectivity index (χ2v) is 7.31. The van der Waals surface area contributed by atoms with E-state index in [1.807, 2.05) is 31.2 Å². The summed E-state index contributed by atoms with van der Waals surface area (Å²) in [4.78, 5) is 20.6.